The van der Waals surface area contributed by atoms with E-state index in [1.54, 1.807) is 14.2 Å². The molecule has 21 heavy (non-hydrogen) atoms. The Morgan fingerprint density at radius 2 is 1.76 bits per heavy atom. The standard InChI is InChI=1S/C17H30N2O2/c1-8-14(18-12-17(2,3)19(4)5)13-9-10-15(20-6)16(11-13)21-7/h9-11,14,18H,8,12H2,1-7H3. The summed E-state index contributed by atoms with van der Waals surface area (Å²) in [7, 11) is 7.55. The van der Waals surface area contributed by atoms with Crippen LogP contribution in [0.3, 0.4) is 0 Å². The molecular weight excluding hydrogens is 264 g/mol. The molecule has 120 valence electrons. The van der Waals surface area contributed by atoms with Gasteiger partial charge in [0.1, 0.15) is 0 Å². The van der Waals surface area contributed by atoms with E-state index in [9.17, 15) is 0 Å². The summed E-state index contributed by atoms with van der Waals surface area (Å²) >= 11 is 0. The molecule has 0 spiro atoms. The predicted octanol–water partition coefficient (Wildman–Crippen LogP) is 3.08. The number of nitrogens with one attached hydrogen (secondary N) is 1. The fourth-order valence-corrected chi connectivity index (χ4v) is 2.10. The average molecular weight is 294 g/mol. The van der Waals surface area contributed by atoms with Crippen molar-refractivity contribution in [2.75, 3.05) is 34.9 Å². The van der Waals surface area contributed by atoms with E-state index in [1.807, 2.05) is 6.07 Å². The second-order valence-corrected chi connectivity index (χ2v) is 6.16. The first-order chi connectivity index (χ1) is 9.85. The molecule has 0 aliphatic carbocycles. The zero-order valence-electron chi connectivity index (χ0n) is 14.5. The van der Waals surface area contributed by atoms with E-state index in [1.165, 1.54) is 5.56 Å². The van der Waals surface area contributed by atoms with Gasteiger partial charge in [0.05, 0.1) is 14.2 Å². The van der Waals surface area contributed by atoms with Crippen LogP contribution in [-0.4, -0.2) is 45.3 Å². The van der Waals surface area contributed by atoms with Gasteiger partial charge >= 0.3 is 0 Å². The lowest BCUT2D eigenvalue weighted by molar-refractivity contribution is 0.183. The first kappa shape index (κ1) is 17.8. The maximum atomic E-state index is 5.39. The van der Waals surface area contributed by atoms with E-state index >= 15 is 0 Å². The Morgan fingerprint density at radius 1 is 1.14 bits per heavy atom. The number of hydrogen-bond acceptors (Lipinski definition) is 4. The van der Waals surface area contributed by atoms with Crippen molar-refractivity contribution in [1.82, 2.24) is 10.2 Å². The maximum absolute atomic E-state index is 5.39. The van der Waals surface area contributed by atoms with Crippen molar-refractivity contribution in [3.63, 3.8) is 0 Å². The summed E-state index contributed by atoms with van der Waals surface area (Å²) in [6.45, 7) is 7.59. The van der Waals surface area contributed by atoms with Crippen molar-refractivity contribution >= 4 is 0 Å². The molecule has 0 amide bonds. The summed E-state index contributed by atoms with van der Waals surface area (Å²) in [5.41, 5.74) is 1.34. The average Bonchev–Trinajstić information content (AvgIpc) is 2.47. The Bertz CT molecular complexity index is 444. The van der Waals surface area contributed by atoms with Crippen LogP contribution in [0.2, 0.25) is 0 Å². The van der Waals surface area contributed by atoms with Crippen LogP contribution in [-0.2, 0) is 0 Å². The van der Waals surface area contributed by atoms with E-state index in [2.05, 4.69) is 57.2 Å². The quantitative estimate of drug-likeness (QED) is 0.799. The van der Waals surface area contributed by atoms with Gasteiger partial charge < -0.3 is 19.7 Å². The molecule has 1 N–H and O–H groups in total. The number of likely N-dealkylation sites (N-methyl/N-ethyl adjacent to an activating group) is 1. The lowest BCUT2D eigenvalue weighted by Gasteiger charge is -2.34. The van der Waals surface area contributed by atoms with Gasteiger partial charge in [-0.2, -0.15) is 0 Å². The molecule has 1 aromatic rings. The van der Waals surface area contributed by atoms with Gasteiger partial charge in [-0.05, 0) is 52.1 Å². The van der Waals surface area contributed by atoms with Crippen LogP contribution in [0.5, 0.6) is 11.5 Å². The van der Waals surface area contributed by atoms with Gasteiger partial charge in [-0.25, -0.2) is 0 Å². The van der Waals surface area contributed by atoms with Gasteiger partial charge in [-0.3, -0.25) is 0 Å². The third kappa shape index (κ3) is 4.61. The van der Waals surface area contributed by atoms with Gasteiger partial charge in [-0.1, -0.05) is 13.0 Å². The molecule has 0 saturated carbocycles. The van der Waals surface area contributed by atoms with Crippen LogP contribution in [0, 0.1) is 0 Å². The summed E-state index contributed by atoms with van der Waals surface area (Å²) < 4.78 is 10.7. The highest BCUT2D eigenvalue weighted by Gasteiger charge is 2.22. The van der Waals surface area contributed by atoms with Gasteiger partial charge in [0, 0.05) is 18.1 Å². The van der Waals surface area contributed by atoms with E-state index in [0.717, 1.165) is 24.5 Å². The monoisotopic (exact) mass is 294 g/mol. The van der Waals surface area contributed by atoms with Crippen molar-refractivity contribution in [2.24, 2.45) is 0 Å². The molecule has 1 unspecified atom stereocenters. The normalized spacial score (nSPS) is 13.3. The van der Waals surface area contributed by atoms with Crippen LogP contribution in [0.4, 0.5) is 0 Å². The third-order valence-electron chi connectivity index (χ3n) is 4.21. The molecule has 0 aliphatic heterocycles. The highest BCUT2D eigenvalue weighted by atomic mass is 16.5. The van der Waals surface area contributed by atoms with Gasteiger partial charge in [-0.15, -0.1) is 0 Å². The summed E-state index contributed by atoms with van der Waals surface area (Å²) in [6, 6.07) is 6.44. The lowest BCUT2D eigenvalue weighted by Crippen LogP contribution is -2.47. The molecule has 0 fully saturated rings. The zero-order valence-corrected chi connectivity index (χ0v) is 14.5. The minimum Gasteiger partial charge on any atom is -0.493 e. The maximum Gasteiger partial charge on any atom is 0.161 e. The fourth-order valence-electron chi connectivity index (χ4n) is 2.10. The van der Waals surface area contributed by atoms with Gasteiger partial charge in [0.15, 0.2) is 11.5 Å². The van der Waals surface area contributed by atoms with E-state index in [0.29, 0.717) is 6.04 Å². The Balaban J connectivity index is 2.85. The van der Waals surface area contributed by atoms with Crippen LogP contribution in [0.25, 0.3) is 0 Å². The molecule has 0 radical (unpaired) electrons. The molecule has 4 heteroatoms. The van der Waals surface area contributed by atoms with E-state index < -0.39 is 0 Å². The first-order valence-corrected chi connectivity index (χ1v) is 7.48. The Hall–Kier alpha value is -1.26. The minimum absolute atomic E-state index is 0.115. The number of nitrogens with zero attached hydrogens (tertiary/aromatic N) is 1. The zero-order chi connectivity index (χ0) is 16.0. The summed E-state index contributed by atoms with van der Waals surface area (Å²) in [5.74, 6) is 1.55. The second kappa shape index (κ2) is 7.66. The van der Waals surface area contributed by atoms with Gasteiger partial charge in [0.2, 0.25) is 0 Å². The Morgan fingerprint density at radius 3 is 2.24 bits per heavy atom. The summed E-state index contributed by atoms with van der Waals surface area (Å²) in [6.07, 6.45) is 1.03. The second-order valence-electron chi connectivity index (χ2n) is 6.16. The van der Waals surface area contributed by atoms with Crippen molar-refractivity contribution in [1.29, 1.82) is 0 Å². The van der Waals surface area contributed by atoms with Crippen molar-refractivity contribution in [3.05, 3.63) is 23.8 Å². The smallest absolute Gasteiger partial charge is 0.161 e. The highest BCUT2D eigenvalue weighted by molar-refractivity contribution is 5.43. The molecule has 0 aromatic heterocycles. The number of benzene rings is 1. The van der Waals surface area contributed by atoms with Crippen molar-refractivity contribution < 1.29 is 9.47 Å². The highest BCUT2D eigenvalue weighted by Crippen LogP contribution is 2.31. The third-order valence-corrected chi connectivity index (χ3v) is 4.21. The van der Waals surface area contributed by atoms with Crippen LogP contribution in [0.15, 0.2) is 18.2 Å². The predicted molar refractivity (Wildman–Crippen MR) is 88.3 cm³/mol. The van der Waals surface area contributed by atoms with Crippen LogP contribution < -0.4 is 14.8 Å². The summed E-state index contributed by atoms with van der Waals surface area (Å²) in [5, 5.41) is 3.66. The SMILES string of the molecule is CCC(NCC(C)(C)N(C)C)c1ccc(OC)c(OC)c1. The molecule has 1 aromatic carbocycles. The molecule has 1 rings (SSSR count). The number of hydrogen-bond donors (Lipinski definition) is 1. The number of ether oxygens (including phenoxy) is 2. The molecule has 1 atom stereocenters. The van der Waals surface area contributed by atoms with E-state index in [4.69, 9.17) is 9.47 Å². The minimum atomic E-state index is 0.115. The first-order valence-electron chi connectivity index (χ1n) is 7.48. The van der Waals surface area contributed by atoms with Crippen molar-refractivity contribution in [2.45, 2.75) is 38.8 Å². The summed E-state index contributed by atoms with van der Waals surface area (Å²) in [4.78, 5) is 2.24. The fraction of sp³-hybridized carbons (Fsp3) is 0.647. The lowest BCUT2D eigenvalue weighted by atomic mass is 10.00. The number of rotatable bonds is 8. The molecule has 0 bridgehead atoms. The van der Waals surface area contributed by atoms with Crippen molar-refractivity contribution in [3.8, 4) is 11.5 Å². The largest absolute Gasteiger partial charge is 0.493 e. The van der Waals surface area contributed by atoms with Gasteiger partial charge in [0.25, 0.3) is 0 Å². The van der Waals surface area contributed by atoms with Crippen LogP contribution >= 0.6 is 0 Å². The topological polar surface area (TPSA) is 33.7 Å². The number of methoxy groups -OCH3 is 2. The van der Waals surface area contributed by atoms with E-state index in [-0.39, 0.29) is 5.54 Å². The Labute approximate surface area is 129 Å². The molecule has 4 nitrogen and oxygen atoms in total. The molecule has 0 saturated heterocycles. The molecule has 0 aliphatic rings. The van der Waals surface area contributed by atoms with Crippen LogP contribution in [0.1, 0.15) is 38.8 Å². The molecular formula is C17H30N2O2. The molecule has 0 heterocycles. The Kier molecular flexibility index (Phi) is 6.49.